The third-order valence-corrected chi connectivity index (χ3v) is 6.76. The fourth-order valence-electron chi connectivity index (χ4n) is 3.29. The average Bonchev–Trinajstić information content (AvgIpc) is 3.19. The quantitative estimate of drug-likeness (QED) is 0.855. The van der Waals surface area contributed by atoms with Gasteiger partial charge in [0.1, 0.15) is 5.41 Å². The van der Waals surface area contributed by atoms with Crippen molar-refractivity contribution in [3.05, 3.63) is 54.6 Å². The van der Waals surface area contributed by atoms with Gasteiger partial charge in [0.25, 0.3) is 10.0 Å². The topological polar surface area (TPSA) is 90.3 Å². The Labute approximate surface area is 159 Å². The molecular formula is C20H21N3O3S. The van der Waals surface area contributed by atoms with E-state index in [0.717, 1.165) is 12.8 Å². The highest BCUT2D eigenvalue weighted by Gasteiger charge is 2.41. The van der Waals surface area contributed by atoms with Crippen molar-refractivity contribution in [2.24, 2.45) is 5.41 Å². The fraction of sp³-hybridized carbons (Fsp3) is 0.300. The highest BCUT2D eigenvalue weighted by molar-refractivity contribution is 7.92. The molecule has 1 aliphatic rings. The molecule has 0 heterocycles. The summed E-state index contributed by atoms with van der Waals surface area (Å²) < 4.78 is 27.0. The molecule has 140 valence electrons. The lowest BCUT2D eigenvalue weighted by atomic mass is 9.87. The maximum absolute atomic E-state index is 12.9. The first-order valence-electron chi connectivity index (χ1n) is 8.76. The van der Waals surface area contributed by atoms with Gasteiger partial charge < -0.3 is 5.32 Å². The SMILES string of the molecule is CN(c1ccccc1)S(=O)(=O)c1cccc(NC(=O)C2(C#N)CCCC2)c1. The first-order chi connectivity index (χ1) is 12.9. The third-order valence-electron chi connectivity index (χ3n) is 4.98. The van der Waals surface area contributed by atoms with E-state index in [9.17, 15) is 18.5 Å². The van der Waals surface area contributed by atoms with Crippen molar-refractivity contribution >= 4 is 27.3 Å². The Morgan fingerprint density at radius 2 is 1.78 bits per heavy atom. The summed E-state index contributed by atoms with van der Waals surface area (Å²) in [7, 11) is -2.29. The van der Waals surface area contributed by atoms with Crippen LogP contribution >= 0.6 is 0 Å². The van der Waals surface area contributed by atoms with Crippen molar-refractivity contribution in [1.82, 2.24) is 0 Å². The Hall–Kier alpha value is -2.85. The summed E-state index contributed by atoms with van der Waals surface area (Å²) >= 11 is 0. The van der Waals surface area contributed by atoms with Crippen LogP contribution in [0.25, 0.3) is 0 Å². The molecule has 27 heavy (non-hydrogen) atoms. The van der Waals surface area contributed by atoms with E-state index in [0.29, 0.717) is 24.2 Å². The van der Waals surface area contributed by atoms with Crippen molar-refractivity contribution in [2.75, 3.05) is 16.7 Å². The lowest BCUT2D eigenvalue weighted by molar-refractivity contribution is -0.122. The highest BCUT2D eigenvalue weighted by atomic mass is 32.2. The second-order valence-corrected chi connectivity index (χ2v) is 8.66. The maximum Gasteiger partial charge on any atom is 0.264 e. The Balaban J connectivity index is 1.85. The molecule has 1 N–H and O–H groups in total. The summed E-state index contributed by atoms with van der Waals surface area (Å²) in [5, 5.41) is 12.2. The van der Waals surface area contributed by atoms with Crippen LogP contribution in [0.1, 0.15) is 25.7 Å². The van der Waals surface area contributed by atoms with Crippen molar-refractivity contribution in [1.29, 1.82) is 5.26 Å². The summed E-state index contributed by atoms with van der Waals surface area (Å²) in [6, 6.07) is 17.0. The van der Waals surface area contributed by atoms with Crippen LogP contribution in [0.15, 0.2) is 59.5 Å². The average molecular weight is 383 g/mol. The number of amides is 1. The van der Waals surface area contributed by atoms with E-state index in [2.05, 4.69) is 11.4 Å². The number of nitriles is 1. The van der Waals surface area contributed by atoms with Gasteiger partial charge in [-0.3, -0.25) is 9.10 Å². The predicted molar refractivity (Wildman–Crippen MR) is 104 cm³/mol. The number of rotatable bonds is 5. The van der Waals surface area contributed by atoms with Crippen molar-refractivity contribution in [3.63, 3.8) is 0 Å². The molecule has 2 aromatic carbocycles. The van der Waals surface area contributed by atoms with Crippen LogP contribution in [0.5, 0.6) is 0 Å². The van der Waals surface area contributed by atoms with E-state index in [4.69, 9.17) is 0 Å². The summed E-state index contributed by atoms with van der Waals surface area (Å²) in [4.78, 5) is 12.7. The molecule has 0 atom stereocenters. The Kier molecular flexibility index (Phi) is 5.19. The Morgan fingerprint density at radius 3 is 2.41 bits per heavy atom. The molecule has 1 amide bonds. The van der Waals surface area contributed by atoms with Crippen molar-refractivity contribution < 1.29 is 13.2 Å². The molecule has 0 aromatic heterocycles. The minimum Gasteiger partial charge on any atom is -0.325 e. The van der Waals surface area contributed by atoms with Gasteiger partial charge in [-0.05, 0) is 43.2 Å². The summed E-state index contributed by atoms with van der Waals surface area (Å²) in [5.74, 6) is -0.367. The zero-order valence-corrected chi connectivity index (χ0v) is 15.9. The molecule has 0 unspecified atom stereocenters. The summed E-state index contributed by atoms with van der Waals surface area (Å²) in [6.45, 7) is 0. The van der Waals surface area contributed by atoms with Crippen LogP contribution < -0.4 is 9.62 Å². The van der Waals surface area contributed by atoms with Crippen LogP contribution in [0, 0.1) is 16.7 Å². The number of para-hydroxylation sites is 1. The molecule has 0 saturated heterocycles. The molecular weight excluding hydrogens is 362 g/mol. The van der Waals surface area contributed by atoms with Gasteiger partial charge in [0.15, 0.2) is 0 Å². The zero-order valence-electron chi connectivity index (χ0n) is 15.1. The van der Waals surface area contributed by atoms with Gasteiger partial charge in [-0.1, -0.05) is 37.1 Å². The van der Waals surface area contributed by atoms with Gasteiger partial charge in [0, 0.05) is 12.7 Å². The van der Waals surface area contributed by atoms with E-state index < -0.39 is 15.4 Å². The second kappa shape index (κ2) is 7.41. The van der Waals surface area contributed by atoms with Gasteiger partial charge in [-0.25, -0.2) is 8.42 Å². The van der Waals surface area contributed by atoms with Crippen LogP contribution in [0.2, 0.25) is 0 Å². The van der Waals surface area contributed by atoms with Crippen LogP contribution in [-0.4, -0.2) is 21.4 Å². The molecule has 0 bridgehead atoms. The minimum atomic E-state index is -3.77. The molecule has 6 nitrogen and oxygen atoms in total. The molecule has 2 aromatic rings. The molecule has 0 radical (unpaired) electrons. The van der Waals surface area contributed by atoms with E-state index in [1.54, 1.807) is 36.4 Å². The van der Waals surface area contributed by atoms with Crippen LogP contribution in [0.4, 0.5) is 11.4 Å². The largest absolute Gasteiger partial charge is 0.325 e. The molecule has 0 aliphatic heterocycles. The standard InChI is InChI=1S/C20H21N3O3S/c1-23(17-9-3-2-4-10-17)27(25,26)18-11-7-8-16(14-18)22-19(24)20(15-21)12-5-6-13-20/h2-4,7-11,14H,5-6,12-13H2,1H3,(H,22,24). The van der Waals surface area contributed by atoms with E-state index in [1.165, 1.54) is 23.5 Å². The van der Waals surface area contributed by atoms with E-state index in [-0.39, 0.29) is 10.8 Å². The number of carbonyl (C=O) groups excluding carboxylic acids is 1. The van der Waals surface area contributed by atoms with Crippen LogP contribution in [-0.2, 0) is 14.8 Å². The monoisotopic (exact) mass is 383 g/mol. The normalized spacial score (nSPS) is 15.7. The number of carbonyl (C=O) groups is 1. The molecule has 3 rings (SSSR count). The lowest BCUT2D eigenvalue weighted by Gasteiger charge is -2.21. The zero-order chi connectivity index (χ0) is 19.5. The number of sulfonamides is 1. The maximum atomic E-state index is 12.9. The Bertz CT molecular complexity index is 975. The number of anilines is 2. The number of hydrogen-bond donors (Lipinski definition) is 1. The van der Waals surface area contributed by atoms with Crippen molar-refractivity contribution in [2.45, 2.75) is 30.6 Å². The summed E-state index contributed by atoms with van der Waals surface area (Å²) in [5.41, 5.74) is -0.110. The fourth-order valence-corrected chi connectivity index (χ4v) is 4.53. The van der Waals surface area contributed by atoms with Gasteiger partial charge >= 0.3 is 0 Å². The van der Waals surface area contributed by atoms with Gasteiger partial charge in [0.05, 0.1) is 16.7 Å². The number of hydrogen-bond acceptors (Lipinski definition) is 4. The Morgan fingerprint density at radius 1 is 1.11 bits per heavy atom. The molecule has 7 heteroatoms. The summed E-state index contributed by atoms with van der Waals surface area (Å²) in [6.07, 6.45) is 2.75. The van der Waals surface area contributed by atoms with Gasteiger partial charge in [-0.2, -0.15) is 5.26 Å². The number of nitrogens with zero attached hydrogens (tertiary/aromatic N) is 2. The van der Waals surface area contributed by atoms with Gasteiger partial charge in [0.2, 0.25) is 5.91 Å². The second-order valence-electron chi connectivity index (χ2n) is 6.69. The minimum absolute atomic E-state index is 0.0732. The number of benzene rings is 2. The first-order valence-corrected chi connectivity index (χ1v) is 10.2. The third kappa shape index (κ3) is 3.67. The highest BCUT2D eigenvalue weighted by Crippen LogP contribution is 2.38. The molecule has 1 fully saturated rings. The number of nitrogens with one attached hydrogen (secondary N) is 1. The van der Waals surface area contributed by atoms with Crippen LogP contribution in [0.3, 0.4) is 0 Å². The van der Waals surface area contributed by atoms with E-state index in [1.807, 2.05) is 6.07 Å². The van der Waals surface area contributed by atoms with Gasteiger partial charge in [-0.15, -0.1) is 0 Å². The van der Waals surface area contributed by atoms with Crippen molar-refractivity contribution in [3.8, 4) is 6.07 Å². The predicted octanol–water partition coefficient (Wildman–Crippen LogP) is 3.53. The molecule has 0 spiro atoms. The molecule has 1 saturated carbocycles. The first kappa shape index (κ1) is 18.9. The molecule has 1 aliphatic carbocycles. The smallest absolute Gasteiger partial charge is 0.264 e. The lowest BCUT2D eigenvalue weighted by Crippen LogP contribution is -2.32. The van der Waals surface area contributed by atoms with E-state index >= 15 is 0 Å².